The van der Waals surface area contributed by atoms with Gasteiger partial charge < -0.3 is 9.47 Å². The Bertz CT molecular complexity index is 323. The van der Waals surface area contributed by atoms with Crippen LogP contribution in [-0.2, 0) is 14.3 Å². The lowest BCUT2D eigenvalue weighted by molar-refractivity contribution is -0.145. The van der Waals surface area contributed by atoms with Crippen LogP contribution < -0.4 is 0 Å². The van der Waals surface area contributed by atoms with Crippen LogP contribution in [0.15, 0.2) is 0 Å². The topological polar surface area (TPSA) is 38.8 Å². The molecule has 2 fully saturated rings. The van der Waals surface area contributed by atoms with Gasteiger partial charge in [-0.05, 0) is 37.0 Å². The number of esters is 1. The first-order valence-electron chi connectivity index (χ1n) is 7.62. The number of epoxide rings is 1. The molecule has 2 aliphatic rings. The summed E-state index contributed by atoms with van der Waals surface area (Å²) in [5, 5.41) is 0. The van der Waals surface area contributed by atoms with Crippen molar-refractivity contribution >= 4 is 5.97 Å². The van der Waals surface area contributed by atoms with Gasteiger partial charge in [-0.3, -0.25) is 4.79 Å². The van der Waals surface area contributed by atoms with Crippen molar-refractivity contribution < 1.29 is 14.3 Å². The summed E-state index contributed by atoms with van der Waals surface area (Å²) < 4.78 is 10.4. The molecule has 3 heteroatoms. The SMILES string of the molecule is CCC(C)(C)C1CCC(CC(=O)OC)(C2CO2)CC1. The van der Waals surface area contributed by atoms with E-state index < -0.39 is 0 Å². The van der Waals surface area contributed by atoms with Gasteiger partial charge in [-0.2, -0.15) is 0 Å². The van der Waals surface area contributed by atoms with Crippen molar-refractivity contribution in [1.29, 1.82) is 0 Å². The number of carbonyl (C=O) groups is 1. The van der Waals surface area contributed by atoms with Gasteiger partial charge in [0.25, 0.3) is 0 Å². The van der Waals surface area contributed by atoms with Crippen LogP contribution >= 0.6 is 0 Å². The fourth-order valence-corrected chi connectivity index (χ4v) is 3.64. The minimum absolute atomic E-state index is 0.0629. The summed E-state index contributed by atoms with van der Waals surface area (Å²) in [4.78, 5) is 11.7. The van der Waals surface area contributed by atoms with E-state index in [2.05, 4.69) is 20.8 Å². The predicted molar refractivity (Wildman–Crippen MR) is 74.8 cm³/mol. The van der Waals surface area contributed by atoms with Gasteiger partial charge in [0.1, 0.15) is 0 Å². The van der Waals surface area contributed by atoms with E-state index in [9.17, 15) is 4.79 Å². The summed E-state index contributed by atoms with van der Waals surface area (Å²) in [5.74, 6) is 0.700. The van der Waals surface area contributed by atoms with Crippen LogP contribution in [0.1, 0.15) is 59.3 Å². The van der Waals surface area contributed by atoms with Gasteiger partial charge in [0, 0.05) is 5.41 Å². The van der Waals surface area contributed by atoms with Crippen LogP contribution in [0, 0.1) is 16.7 Å². The van der Waals surface area contributed by atoms with Crippen molar-refractivity contribution in [2.75, 3.05) is 13.7 Å². The highest BCUT2D eigenvalue weighted by Gasteiger charge is 2.51. The van der Waals surface area contributed by atoms with Crippen LogP contribution in [0.25, 0.3) is 0 Å². The molecule has 0 spiro atoms. The van der Waals surface area contributed by atoms with Crippen LogP contribution in [0.4, 0.5) is 0 Å². The molecule has 0 aromatic heterocycles. The first kappa shape index (κ1) is 14.8. The molecule has 1 unspecified atom stereocenters. The van der Waals surface area contributed by atoms with Gasteiger partial charge in [0.05, 0.1) is 26.2 Å². The van der Waals surface area contributed by atoms with Crippen molar-refractivity contribution in [3.63, 3.8) is 0 Å². The first-order valence-corrected chi connectivity index (χ1v) is 7.62. The summed E-state index contributed by atoms with van der Waals surface area (Å²) >= 11 is 0. The number of hydrogen-bond acceptors (Lipinski definition) is 3. The van der Waals surface area contributed by atoms with Crippen LogP contribution in [0.3, 0.4) is 0 Å². The largest absolute Gasteiger partial charge is 0.469 e. The van der Waals surface area contributed by atoms with Crippen molar-refractivity contribution in [3.8, 4) is 0 Å². The maximum absolute atomic E-state index is 11.7. The quantitative estimate of drug-likeness (QED) is 0.565. The molecular formula is C16H28O3. The number of rotatable bonds is 5. The van der Waals surface area contributed by atoms with E-state index in [1.807, 2.05) is 0 Å². The van der Waals surface area contributed by atoms with Gasteiger partial charge in [0.2, 0.25) is 0 Å². The van der Waals surface area contributed by atoms with Crippen molar-refractivity contribution in [3.05, 3.63) is 0 Å². The molecule has 1 aliphatic heterocycles. The van der Waals surface area contributed by atoms with Gasteiger partial charge >= 0.3 is 5.97 Å². The second kappa shape index (κ2) is 5.43. The van der Waals surface area contributed by atoms with Crippen molar-refractivity contribution in [2.45, 2.75) is 65.4 Å². The lowest BCUT2D eigenvalue weighted by Crippen LogP contribution is -2.38. The molecule has 0 amide bonds. The highest BCUT2D eigenvalue weighted by molar-refractivity contribution is 5.70. The molecule has 19 heavy (non-hydrogen) atoms. The number of carbonyl (C=O) groups excluding carboxylic acids is 1. The Morgan fingerprint density at radius 3 is 2.37 bits per heavy atom. The van der Waals surface area contributed by atoms with Gasteiger partial charge in [-0.25, -0.2) is 0 Å². The maximum atomic E-state index is 11.7. The molecule has 110 valence electrons. The Labute approximate surface area is 117 Å². The number of hydrogen-bond donors (Lipinski definition) is 0. The molecule has 1 aliphatic carbocycles. The lowest BCUT2D eigenvalue weighted by Gasteiger charge is -2.44. The molecular weight excluding hydrogens is 240 g/mol. The highest BCUT2D eigenvalue weighted by atomic mass is 16.6. The fraction of sp³-hybridized carbons (Fsp3) is 0.938. The highest BCUT2D eigenvalue weighted by Crippen LogP contribution is 2.53. The van der Waals surface area contributed by atoms with Gasteiger partial charge in [-0.1, -0.05) is 27.2 Å². The monoisotopic (exact) mass is 268 g/mol. The average Bonchev–Trinajstić information content (AvgIpc) is 3.24. The minimum atomic E-state index is -0.0799. The van der Waals surface area contributed by atoms with Crippen molar-refractivity contribution in [1.82, 2.24) is 0 Å². The second-order valence-corrected chi connectivity index (χ2v) is 7.05. The van der Waals surface area contributed by atoms with Gasteiger partial charge in [0.15, 0.2) is 0 Å². The number of ether oxygens (including phenoxy) is 2. The van der Waals surface area contributed by atoms with Crippen molar-refractivity contribution in [2.24, 2.45) is 16.7 Å². The molecule has 1 saturated heterocycles. The zero-order valence-electron chi connectivity index (χ0n) is 12.8. The average molecular weight is 268 g/mol. The third-order valence-corrected chi connectivity index (χ3v) is 5.74. The Balaban J connectivity index is 2.00. The van der Waals surface area contributed by atoms with Crippen LogP contribution in [0.2, 0.25) is 0 Å². The smallest absolute Gasteiger partial charge is 0.306 e. The van der Waals surface area contributed by atoms with Gasteiger partial charge in [-0.15, -0.1) is 0 Å². The van der Waals surface area contributed by atoms with E-state index in [0.29, 0.717) is 17.9 Å². The molecule has 0 bridgehead atoms. The summed E-state index contributed by atoms with van der Waals surface area (Å²) in [6.07, 6.45) is 6.73. The predicted octanol–water partition coefficient (Wildman–Crippen LogP) is 3.56. The lowest BCUT2D eigenvalue weighted by atomic mass is 9.61. The zero-order chi connectivity index (χ0) is 14.1. The van der Waals surface area contributed by atoms with E-state index >= 15 is 0 Å². The summed E-state index contributed by atoms with van der Waals surface area (Å²) in [5.41, 5.74) is 0.481. The summed E-state index contributed by atoms with van der Waals surface area (Å²) in [6, 6.07) is 0. The normalized spacial score (nSPS) is 34.9. The van der Waals surface area contributed by atoms with E-state index in [4.69, 9.17) is 9.47 Å². The molecule has 0 radical (unpaired) electrons. The molecule has 1 heterocycles. The molecule has 0 aromatic carbocycles. The first-order chi connectivity index (χ1) is 8.93. The Morgan fingerprint density at radius 2 is 1.95 bits per heavy atom. The Hall–Kier alpha value is -0.570. The Morgan fingerprint density at radius 1 is 1.37 bits per heavy atom. The van der Waals surface area contributed by atoms with E-state index in [-0.39, 0.29) is 11.4 Å². The zero-order valence-corrected chi connectivity index (χ0v) is 12.8. The molecule has 0 N–H and O–H groups in total. The fourth-order valence-electron chi connectivity index (χ4n) is 3.64. The third-order valence-electron chi connectivity index (χ3n) is 5.74. The van der Waals surface area contributed by atoms with E-state index in [1.165, 1.54) is 26.4 Å². The molecule has 3 nitrogen and oxygen atoms in total. The molecule has 0 aromatic rings. The van der Waals surface area contributed by atoms with Crippen LogP contribution in [0.5, 0.6) is 0 Å². The number of methoxy groups -OCH3 is 1. The third kappa shape index (κ3) is 3.13. The standard InChI is InChI=1S/C16H28O3/c1-5-15(2,3)12-6-8-16(9-7-12,13-11-19-13)10-14(17)18-4/h12-13H,5-11H2,1-4H3. The molecule has 2 rings (SSSR count). The summed E-state index contributed by atoms with van der Waals surface area (Å²) in [7, 11) is 1.48. The molecule has 1 atom stereocenters. The second-order valence-electron chi connectivity index (χ2n) is 7.05. The Kier molecular flexibility index (Phi) is 4.24. The maximum Gasteiger partial charge on any atom is 0.306 e. The van der Waals surface area contributed by atoms with E-state index in [0.717, 1.165) is 25.4 Å². The minimum Gasteiger partial charge on any atom is -0.469 e. The van der Waals surface area contributed by atoms with E-state index in [1.54, 1.807) is 0 Å². The summed E-state index contributed by atoms with van der Waals surface area (Å²) in [6.45, 7) is 7.86. The molecule has 1 saturated carbocycles. The van der Waals surface area contributed by atoms with Crippen LogP contribution in [-0.4, -0.2) is 25.8 Å².